The number of nitrogens with zero attached hydrogens (tertiary/aromatic N) is 1. The van der Waals surface area contributed by atoms with Crippen molar-refractivity contribution in [2.45, 2.75) is 32.9 Å². The van der Waals surface area contributed by atoms with E-state index in [1.165, 1.54) is 0 Å². The van der Waals surface area contributed by atoms with Crippen molar-refractivity contribution in [3.05, 3.63) is 0 Å². The first-order valence-electron chi connectivity index (χ1n) is 5.68. The predicted octanol–water partition coefficient (Wildman–Crippen LogP) is -0.927. The first-order valence-corrected chi connectivity index (χ1v) is 5.68. The third-order valence-electron chi connectivity index (χ3n) is 2.89. The van der Waals surface area contributed by atoms with Gasteiger partial charge in [0.15, 0.2) is 6.10 Å². The maximum atomic E-state index is 12.1. The van der Waals surface area contributed by atoms with Crippen molar-refractivity contribution in [2.24, 2.45) is 16.9 Å². The number of ether oxygens (including phenoxy) is 1. The number of amides is 2. The fourth-order valence-electron chi connectivity index (χ4n) is 1.59. The molecular formula is C11H21N3O3. The number of carbonyl (C=O) groups excluding carboxylic acids is 2. The van der Waals surface area contributed by atoms with Crippen molar-refractivity contribution in [3.63, 3.8) is 0 Å². The van der Waals surface area contributed by atoms with Crippen LogP contribution in [0.5, 0.6) is 0 Å². The van der Waals surface area contributed by atoms with E-state index in [0.717, 1.165) is 0 Å². The summed E-state index contributed by atoms with van der Waals surface area (Å²) in [7, 11) is 0. The summed E-state index contributed by atoms with van der Waals surface area (Å²) in [6.07, 6.45) is -0.722. The fourth-order valence-corrected chi connectivity index (χ4v) is 1.59. The summed E-state index contributed by atoms with van der Waals surface area (Å²) >= 11 is 0. The first kappa shape index (κ1) is 13.9. The lowest BCUT2D eigenvalue weighted by atomic mass is 9.86. The van der Waals surface area contributed by atoms with Gasteiger partial charge in [0.1, 0.15) is 0 Å². The van der Waals surface area contributed by atoms with Crippen molar-refractivity contribution in [2.75, 3.05) is 19.7 Å². The van der Waals surface area contributed by atoms with Gasteiger partial charge in [0, 0.05) is 6.54 Å². The second kappa shape index (κ2) is 5.01. The Kier molecular flexibility index (Phi) is 4.11. The van der Waals surface area contributed by atoms with Gasteiger partial charge in [-0.05, 0) is 5.41 Å². The molecule has 0 unspecified atom stereocenters. The van der Waals surface area contributed by atoms with Crippen molar-refractivity contribution >= 4 is 11.8 Å². The Morgan fingerprint density at radius 3 is 2.47 bits per heavy atom. The maximum Gasteiger partial charge on any atom is 0.248 e. The van der Waals surface area contributed by atoms with Crippen LogP contribution in [0, 0.1) is 5.41 Å². The van der Waals surface area contributed by atoms with Gasteiger partial charge in [-0.1, -0.05) is 20.8 Å². The average Bonchev–Trinajstić information content (AvgIpc) is 2.26. The summed E-state index contributed by atoms with van der Waals surface area (Å²) in [5, 5.41) is 0. The standard InChI is InChI=1S/C11H21N3O3/c1-11(2,3)8(12)10(16)14-4-5-17-7(6-14)9(13)15/h7-8H,4-6,12H2,1-3H3,(H2,13,15)/t7-,8-/m1/s1. The van der Waals surface area contributed by atoms with Crippen LogP contribution in [0.1, 0.15) is 20.8 Å². The summed E-state index contributed by atoms with van der Waals surface area (Å²) in [5.41, 5.74) is 10.7. The molecule has 98 valence electrons. The number of hydrogen-bond donors (Lipinski definition) is 2. The number of morpholine rings is 1. The zero-order valence-electron chi connectivity index (χ0n) is 10.6. The van der Waals surface area contributed by atoms with E-state index in [1.54, 1.807) is 4.90 Å². The lowest BCUT2D eigenvalue weighted by molar-refractivity contribution is -0.147. The molecular weight excluding hydrogens is 222 g/mol. The van der Waals surface area contributed by atoms with E-state index in [-0.39, 0.29) is 17.9 Å². The normalized spacial score (nSPS) is 23.3. The van der Waals surface area contributed by atoms with Crippen LogP contribution in [0.3, 0.4) is 0 Å². The highest BCUT2D eigenvalue weighted by molar-refractivity contribution is 5.84. The minimum absolute atomic E-state index is 0.160. The molecule has 0 spiro atoms. The Labute approximate surface area is 101 Å². The van der Waals surface area contributed by atoms with Gasteiger partial charge in [0.05, 0.1) is 19.2 Å². The van der Waals surface area contributed by atoms with Crippen LogP contribution in [-0.2, 0) is 14.3 Å². The van der Waals surface area contributed by atoms with Crippen LogP contribution in [0.2, 0.25) is 0 Å². The summed E-state index contributed by atoms with van der Waals surface area (Å²) in [5.74, 6) is -0.709. The molecule has 1 rings (SSSR count). The van der Waals surface area contributed by atoms with E-state index in [1.807, 2.05) is 20.8 Å². The number of carbonyl (C=O) groups is 2. The monoisotopic (exact) mass is 243 g/mol. The molecule has 4 N–H and O–H groups in total. The number of primary amides is 1. The van der Waals surface area contributed by atoms with Gasteiger partial charge in [0.2, 0.25) is 11.8 Å². The third-order valence-corrected chi connectivity index (χ3v) is 2.89. The van der Waals surface area contributed by atoms with Crippen LogP contribution in [0.25, 0.3) is 0 Å². The van der Waals surface area contributed by atoms with E-state index >= 15 is 0 Å². The topological polar surface area (TPSA) is 98.7 Å². The molecule has 0 aliphatic carbocycles. The predicted molar refractivity (Wildman–Crippen MR) is 62.9 cm³/mol. The molecule has 2 amide bonds. The molecule has 6 heteroatoms. The molecule has 1 aliphatic heterocycles. The zero-order valence-corrected chi connectivity index (χ0v) is 10.6. The smallest absolute Gasteiger partial charge is 0.248 e. The molecule has 1 fully saturated rings. The lowest BCUT2D eigenvalue weighted by Gasteiger charge is -2.36. The van der Waals surface area contributed by atoms with E-state index < -0.39 is 18.1 Å². The van der Waals surface area contributed by atoms with Crippen LogP contribution < -0.4 is 11.5 Å². The minimum Gasteiger partial charge on any atom is -0.367 e. The third kappa shape index (κ3) is 3.41. The molecule has 17 heavy (non-hydrogen) atoms. The van der Waals surface area contributed by atoms with Crippen molar-refractivity contribution in [1.82, 2.24) is 4.90 Å². The van der Waals surface area contributed by atoms with Crippen molar-refractivity contribution in [3.8, 4) is 0 Å². The van der Waals surface area contributed by atoms with Gasteiger partial charge in [-0.15, -0.1) is 0 Å². The van der Waals surface area contributed by atoms with Crippen LogP contribution in [-0.4, -0.2) is 48.6 Å². The molecule has 6 nitrogen and oxygen atoms in total. The van der Waals surface area contributed by atoms with Gasteiger partial charge < -0.3 is 21.1 Å². The Morgan fingerprint density at radius 1 is 1.41 bits per heavy atom. The summed E-state index contributed by atoms with van der Waals surface area (Å²) in [6, 6.07) is -0.589. The van der Waals surface area contributed by atoms with Gasteiger partial charge >= 0.3 is 0 Å². The minimum atomic E-state index is -0.722. The van der Waals surface area contributed by atoms with E-state index in [0.29, 0.717) is 13.2 Å². The highest BCUT2D eigenvalue weighted by Gasteiger charge is 2.34. The van der Waals surface area contributed by atoms with Crippen LogP contribution in [0.4, 0.5) is 0 Å². The molecule has 0 saturated carbocycles. The summed E-state index contributed by atoms with van der Waals surface area (Å²) in [4.78, 5) is 24.7. The highest BCUT2D eigenvalue weighted by Crippen LogP contribution is 2.20. The molecule has 0 aromatic heterocycles. The van der Waals surface area contributed by atoms with Crippen LogP contribution in [0.15, 0.2) is 0 Å². The lowest BCUT2D eigenvalue weighted by Crippen LogP contribution is -2.57. The van der Waals surface area contributed by atoms with Crippen molar-refractivity contribution in [1.29, 1.82) is 0 Å². The van der Waals surface area contributed by atoms with Crippen molar-refractivity contribution < 1.29 is 14.3 Å². The summed E-state index contributed by atoms with van der Waals surface area (Å²) in [6.45, 7) is 6.67. The van der Waals surface area contributed by atoms with E-state index in [4.69, 9.17) is 16.2 Å². The molecule has 1 aliphatic rings. The Balaban J connectivity index is 2.67. The molecule has 0 bridgehead atoms. The highest BCUT2D eigenvalue weighted by atomic mass is 16.5. The fraction of sp³-hybridized carbons (Fsp3) is 0.818. The first-order chi connectivity index (χ1) is 7.73. The molecule has 1 saturated heterocycles. The second-order valence-electron chi connectivity index (χ2n) is 5.39. The summed E-state index contributed by atoms with van der Waals surface area (Å²) < 4.78 is 5.18. The molecule has 1 heterocycles. The zero-order chi connectivity index (χ0) is 13.2. The molecule has 0 radical (unpaired) electrons. The van der Waals surface area contributed by atoms with E-state index in [2.05, 4.69) is 0 Å². The maximum absolute atomic E-state index is 12.1. The number of nitrogens with two attached hydrogens (primary N) is 2. The molecule has 0 aromatic rings. The van der Waals surface area contributed by atoms with Gasteiger partial charge in [-0.25, -0.2) is 0 Å². The quantitative estimate of drug-likeness (QED) is 0.654. The molecule has 0 aromatic carbocycles. The van der Waals surface area contributed by atoms with E-state index in [9.17, 15) is 9.59 Å². The average molecular weight is 243 g/mol. The Morgan fingerprint density at radius 2 is 2.00 bits per heavy atom. The number of rotatable bonds is 2. The SMILES string of the molecule is CC(C)(C)[C@H](N)C(=O)N1CCO[C@@H](C(N)=O)C1. The van der Waals surface area contributed by atoms with Gasteiger partial charge in [-0.2, -0.15) is 0 Å². The molecule has 2 atom stereocenters. The number of hydrogen-bond acceptors (Lipinski definition) is 4. The second-order valence-corrected chi connectivity index (χ2v) is 5.39. The Bertz CT molecular complexity index is 312. The van der Waals surface area contributed by atoms with Gasteiger partial charge in [0.25, 0.3) is 0 Å². The largest absolute Gasteiger partial charge is 0.367 e. The van der Waals surface area contributed by atoms with Crippen LogP contribution >= 0.6 is 0 Å². The Hall–Kier alpha value is -1.14. The van der Waals surface area contributed by atoms with Gasteiger partial charge in [-0.3, -0.25) is 9.59 Å².